The number of aliphatic hydroxyl groups excluding tert-OH is 1. The Balaban J connectivity index is 2.68. The lowest BCUT2D eigenvalue weighted by molar-refractivity contribution is 0.191. The van der Waals surface area contributed by atoms with E-state index in [0.717, 1.165) is 22.2 Å². The number of benzene rings is 1. The molecular formula is C13H15BrO2. The van der Waals surface area contributed by atoms with Crippen LogP contribution >= 0.6 is 15.9 Å². The molecule has 1 rings (SSSR count). The highest BCUT2D eigenvalue weighted by Gasteiger charge is 2.09. The monoisotopic (exact) mass is 282 g/mol. The highest BCUT2D eigenvalue weighted by atomic mass is 79.9. The van der Waals surface area contributed by atoms with E-state index in [2.05, 4.69) is 21.9 Å². The summed E-state index contributed by atoms with van der Waals surface area (Å²) in [5, 5.41) is 9.60. The van der Waals surface area contributed by atoms with Crippen LogP contribution < -0.4 is 4.74 Å². The Morgan fingerprint density at radius 3 is 2.94 bits per heavy atom. The van der Waals surface area contributed by atoms with Crippen molar-refractivity contribution in [1.29, 1.82) is 0 Å². The molecule has 0 fully saturated rings. The molecular weight excluding hydrogens is 268 g/mol. The first-order valence-corrected chi connectivity index (χ1v) is 5.98. The number of halogens is 1. The summed E-state index contributed by atoms with van der Waals surface area (Å²) in [5.74, 6) is 3.28. The SMILES string of the molecule is C#CCCCOc1ccc(Br)cc1[C@@H](C)O. The number of ether oxygens (including phenoxy) is 1. The molecule has 1 aromatic rings. The zero-order valence-corrected chi connectivity index (χ0v) is 10.8. The van der Waals surface area contributed by atoms with Gasteiger partial charge in [0, 0.05) is 16.5 Å². The van der Waals surface area contributed by atoms with Gasteiger partial charge in [0.25, 0.3) is 0 Å². The van der Waals surface area contributed by atoms with Crippen molar-refractivity contribution in [2.75, 3.05) is 6.61 Å². The van der Waals surface area contributed by atoms with E-state index in [9.17, 15) is 5.11 Å². The average molecular weight is 283 g/mol. The first kappa shape index (κ1) is 13.1. The van der Waals surface area contributed by atoms with Crippen LogP contribution in [0.1, 0.15) is 31.4 Å². The number of aliphatic hydroxyl groups is 1. The molecule has 0 spiro atoms. The minimum atomic E-state index is -0.542. The molecule has 0 saturated carbocycles. The quantitative estimate of drug-likeness (QED) is 0.663. The van der Waals surface area contributed by atoms with Crippen LogP contribution in [-0.2, 0) is 0 Å². The Labute approximate surface area is 105 Å². The van der Waals surface area contributed by atoms with Gasteiger partial charge in [0.15, 0.2) is 0 Å². The van der Waals surface area contributed by atoms with E-state index in [0.29, 0.717) is 13.0 Å². The maximum Gasteiger partial charge on any atom is 0.125 e. The average Bonchev–Trinajstić information content (AvgIpc) is 2.26. The summed E-state index contributed by atoms with van der Waals surface area (Å²) in [5.41, 5.74) is 0.787. The van der Waals surface area contributed by atoms with Crippen LogP contribution in [0, 0.1) is 12.3 Å². The lowest BCUT2D eigenvalue weighted by Crippen LogP contribution is -2.02. The number of unbranched alkanes of at least 4 members (excludes halogenated alkanes) is 1. The van der Waals surface area contributed by atoms with Crippen molar-refractivity contribution in [3.05, 3.63) is 28.2 Å². The maximum absolute atomic E-state index is 9.60. The summed E-state index contributed by atoms with van der Waals surface area (Å²) in [7, 11) is 0. The molecule has 3 heteroatoms. The predicted molar refractivity (Wildman–Crippen MR) is 68.3 cm³/mol. The van der Waals surface area contributed by atoms with Gasteiger partial charge in [-0.25, -0.2) is 0 Å². The molecule has 86 valence electrons. The van der Waals surface area contributed by atoms with Gasteiger partial charge in [0.05, 0.1) is 12.7 Å². The van der Waals surface area contributed by atoms with Crippen molar-refractivity contribution in [3.63, 3.8) is 0 Å². The topological polar surface area (TPSA) is 29.5 Å². The van der Waals surface area contributed by atoms with Gasteiger partial charge < -0.3 is 9.84 Å². The molecule has 0 amide bonds. The van der Waals surface area contributed by atoms with Crippen LogP contribution in [0.3, 0.4) is 0 Å². The fourth-order valence-corrected chi connectivity index (χ4v) is 1.71. The second kappa shape index (κ2) is 6.57. The molecule has 1 aromatic carbocycles. The van der Waals surface area contributed by atoms with Crippen molar-refractivity contribution in [1.82, 2.24) is 0 Å². The third kappa shape index (κ3) is 3.88. The Morgan fingerprint density at radius 1 is 1.56 bits per heavy atom. The third-order valence-electron chi connectivity index (χ3n) is 2.14. The molecule has 0 radical (unpaired) electrons. The van der Waals surface area contributed by atoms with E-state index < -0.39 is 6.10 Å². The minimum Gasteiger partial charge on any atom is -0.493 e. The summed E-state index contributed by atoms with van der Waals surface area (Å²) in [4.78, 5) is 0. The van der Waals surface area contributed by atoms with Crippen molar-refractivity contribution < 1.29 is 9.84 Å². The fourth-order valence-electron chi connectivity index (χ4n) is 1.33. The van der Waals surface area contributed by atoms with E-state index in [4.69, 9.17) is 11.2 Å². The van der Waals surface area contributed by atoms with Crippen molar-refractivity contribution in [2.24, 2.45) is 0 Å². The van der Waals surface area contributed by atoms with Crippen LogP contribution in [0.25, 0.3) is 0 Å². The first-order valence-electron chi connectivity index (χ1n) is 5.19. The zero-order chi connectivity index (χ0) is 12.0. The molecule has 0 saturated heterocycles. The van der Waals surface area contributed by atoms with Crippen LogP contribution in [0.5, 0.6) is 5.75 Å². The van der Waals surface area contributed by atoms with Gasteiger partial charge >= 0.3 is 0 Å². The molecule has 0 bridgehead atoms. The fraction of sp³-hybridized carbons (Fsp3) is 0.385. The summed E-state index contributed by atoms with van der Waals surface area (Å²) in [6, 6.07) is 5.60. The van der Waals surface area contributed by atoms with E-state index in [1.165, 1.54) is 0 Å². The summed E-state index contributed by atoms with van der Waals surface area (Å²) >= 11 is 3.36. The highest BCUT2D eigenvalue weighted by Crippen LogP contribution is 2.28. The van der Waals surface area contributed by atoms with E-state index in [-0.39, 0.29) is 0 Å². The second-order valence-electron chi connectivity index (χ2n) is 3.51. The van der Waals surface area contributed by atoms with Crippen LogP contribution in [0.15, 0.2) is 22.7 Å². The molecule has 1 atom stereocenters. The largest absolute Gasteiger partial charge is 0.493 e. The lowest BCUT2D eigenvalue weighted by atomic mass is 10.1. The minimum absolute atomic E-state index is 0.542. The van der Waals surface area contributed by atoms with Crippen molar-refractivity contribution >= 4 is 15.9 Å². The highest BCUT2D eigenvalue weighted by molar-refractivity contribution is 9.10. The molecule has 0 aliphatic rings. The predicted octanol–water partition coefficient (Wildman–Crippen LogP) is 3.29. The molecule has 0 heterocycles. The second-order valence-corrected chi connectivity index (χ2v) is 4.43. The Bertz CT molecular complexity index is 380. The van der Waals surface area contributed by atoms with Crippen LogP contribution in [0.2, 0.25) is 0 Å². The summed E-state index contributed by atoms with van der Waals surface area (Å²) in [6.45, 7) is 2.29. The molecule has 0 aromatic heterocycles. The van der Waals surface area contributed by atoms with Gasteiger partial charge in [-0.3, -0.25) is 0 Å². The van der Waals surface area contributed by atoms with Gasteiger partial charge in [-0.2, -0.15) is 0 Å². The zero-order valence-electron chi connectivity index (χ0n) is 9.24. The molecule has 0 aliphatic heterocycles. The number of terminal acetylenes is 1. The molecule has 2 nitrogen and oxygen atoms in total. The normalized spacial score (nSPS) is 11.9. The molecule has 16 heavy (non-hydrogen) atoms. The Hall–Kier alpha value is -0.980. The number of rotatable bonds is 5. The van der Waals surface area contributed by atoms with Gasteiger partial charge in [-0.1, -0.05) is 15.9 Å². The van der Waals surface area contributed by atoms with Crippen molar-refractivity contribution in [3.8, 4) is 18.1 Å². The summed E-state index contributed by atoms with van der Waals surface area (Å²) < 4.78 is 6.51. The van der Waals surface area contributed by atoms with Crippen molar-refractivity contribution in [2.45, 2.75) is 25.9 Å². The lowest BCUT2D eigenvalue weighted by Gasteiger charge is -2.13. The number of hydrogen-bond acceptors (Lipinski definition) is 2. The van der Waals surface area contributed by atoms with Crippen LogP contribution in [-0.4, -0.2) is 11.7 Å². The van der Waals surface area contributed by atoms with Gasteiger partial charge in [-0.05, 0) is 31.5 Å². The van der Waals surface area contributed by atoms with Crippen LogP contribution in [0.4, 0.5) is 0 Å². The smallest absolute Gasteiger partial charge is 0.125 e. The van der Waals surface area contributed by atoms with Gasteiger partial charge in [-0.15, -0.1) is 12.3 Å². The molecule has 1 N–H and O–H groups in total. The van der Waals surface area contributed by atoms with Gasteiger partial charge in [0.2, 0.25) is 0 Å². The first-order chi connectivity index (χ1) is 7.65. The molecule has 0 unspecified atom stereocenters. The maximum atomic E-state index is 9.60. The number of hydrogen-bond donors (Lipinski definition) is 1. The summed E-state index contributed by atoms with van der Waals surface area (Å²) in [6.07, 6.45) is 6.15. The Kier molecular flexibility index (Phi) is 5.37. The third-order valence-corrected chi connectivity index (χ3v) is 2.64. The van der Waals surface area contributed by atoms with E-state index in [1.807, 2.05) is 18.2 Å². The van der Waals surface area contributed by atoms with Gasteiger partial charge in [0.1, 0.15) is 5.75 Å². The van der Waals surface area contributed by atoms with E-state index in [1.54, 1.807) is 6.92 Å². The van der Waals surface area contributed by atoms with E-state index >= 15 is 0 Å². The molecule has 0 aliphatic carbocycles. The Morgan fingerprint density at radius 2 is 2.31 bits per heavy atom. The standard InChI is InChI=1S/C13H15BrO2/c1-3-4-5-8-16-13-7-6-11(14)9-12(13)10(2)15/h1,6-7,9-10,15H,4-5,8H2,2H3/t10-/m1/s1.